The lowest BCUT2D eigenvalue weighted by Crippen LogP contribution is -2.41. The Kier molecular flexibility index (Phi) is 8.65. The summed E-state index contributed by atoms with van der Waals surface area (Å²) >= 11 is 0. The van der Waals surface area contributed by atoms with Crippen molar-refractivity contribution in [2.75, 3.05) is 31.8 Å². The molecule has 14 heteroatoms. The van der Waals surface area contributed by atoms with Crippen LogP contribution in [-0.4, -0.2) is 66.0 Å². The van der Waals surface area contributed by atoms with Crippen molar-refractivity contribution in [3.8, 4) is 11.5 Å². The van der Waals surface area contributed by atoms with Crippen molar-refractivity contribution in [3.05, 3.63) is 52.9 Å². The van der Waals surface area contributed by atoms with Crippen LogP contribution in [0.5, 0.6) is 11.5 Å². The van der Waals surface area contributed by atoms with E-state index in [4.69, 9.17) is 9.47 Å². The molecule has 1 aromatic heterocycles. The second-order valence-corrected chi connectivity index (χ2v) is 12.9. The molecule has 0 radical (unpaired) electrons. The second kappa shape index (κ2) is 11.5. The van der Waals surface area contributed by atoms with Crippen LogP contribution in [-0.2, 0) is 15.9 Å². The van der Waals surface area contributed by atoms with Crippen LogP contribution in [0.15, 0.2) is 24.3 Å². The largest absolute Gasteiger partial charge is 0.490 e. The zero-order chi connectivity index (χ0) is 31.2. The third-order valence-corrected chi connectivity index (χ3v) is 8.64. The minimum Gasteiger partial charge on any atom is -0.490 e. The number of hydrogen-bond donors (Lipinski definition) is 2. The number of methoxy groups -OCH3 is 1. The fourth-order valence-corrected chi connectivity index (χ4v) is 6.21. The van der Waals surface area contributed by atoms with Gasteiger partial charge >= 0.3 is 5.92 Å². The Hall–Kier alpha value is -3.23. The molecule has 1 saturated heterocycles. The number of fused-ring (bicyclic) bond motifs is 1. The van der Waals surface area contributed by atoms with E-state index in [0.717, 1.165) is 26.2 Å². The number of sulfonamides is 1. The molecular formula is C28H34F4N4O5S. The highest BCUT2D eigenvalue weighted by molar-refractivity contribution is 7.88. The second-order valence-electron chi connectivity index (χ2n) is 10.9. The van der Waals surface area contributed by atoms with E-state index < -0.39 is 50.8 Å². The van der Waals surface area contributed by atoms with Gasteiger partial charge in [-0.15, -0.1) is 0 Å². The highest BCUT2D eigenvalue weighted by Crippen LogP contribution is 2.42. The lowest BCUT2D eigenvalue weighted by molar-refractivity contribution is -0.170. The maximum atomic E-state index is 15.7. The van der Waals surface area contributed by atoms with Crippen molar-refractivity contribution in [3.63, 3.8) is 0 Å². The van der Waals surface area contributed by atoms with E-state index in [2.05, 4.69) is 15.3 Å². The van der Waals surface area contributed by atoms with Gasteiger partial charge in [-0.3, -0.25) is 0 Å². The third-order valence-electron chi connectivity index (χ3n) is 7.30. The molecule has 230 valence electrons. The van der Waals surface area contributed by atoms with E-state index in [1.807, 2.05) is 0 Å². The molecule has 2 atom stereocenters. The molecule has 2 aromatic carbocycles. The quantitative estimate of drug-likeness (QED) is 0.305. The van der Waals surface area contributed by atoms with E-state index in [1.165, 1.54) is 43.5 Å². The van der Waals surface area contributed by atoms with Crippen LogP contribution in [0.4, 0.5) is 23.4 Å². The van der Waals surface area contributed by atoms with E-state index >= 15 is 8.78 Å². The molecule has 1 aliphatic heterocycles. The highest BCUT2D eigenvalue weighted by atomic mass is 32.2. The number of hydrogen-bond acceptors (Lipinski definition) is 8. The number of nitrogens with one attached hydrogen (secondary N) is 1. The summed E-state index contributed by atoms with van der Waals surface area (Å²) in [6.45, 7) is 5.12. The number of aryl methyl sites for hydroxylation is 1. The van der Waals surface area contributed by atoms with Gasteiger partial charge in [0.15, 0.2) is 17.3 Å². The van der Waals surface area contributed by atoms with Gasteiger partial charge in [-0.2, -0.15) is 13.1 Å². The molecule has 0 spiro atoms. The van der Waals surface area contributed by atoms with Gasteiger partial charge in [0.1, 0.15) is 35.2 Å². The van der Waals surface area contributed by atoms with Crippen molar-refractivity contribution < 1.29 is 40.6 Å². The number of aromatic nitrogens is 2. The molecule has 1 aliphatic rings. The van der Waals surface area contributed by atoms with Crippen LogP contribution < -0.4 is 14.8 Å². The van der Waals surface area contributed by atoms with Gasteiger partial charge in [-0.25, -0.2) is 27.2 Å². The van der Waals surface area contributed by atoms with Gasteiger partial charge in [-0.05, 0) is 52.7 Å². The van der Waals surface area contributed by atoms with Gasteiger partial charge < -0.3 is 19.9 Å². The number of rotatable bonds is 10. The van der Waals surface area contributed by atoms with E-state index in [1.54, 1.807) is 0 Å². The molecule has 0 unspecified atom stereocenters. The summed E-state index contributed by atoms with van der Waals surface area (Å²) in [5, 5.41) is 13.1. The first kappa shape index (κ1) is 31.7. The van der Waals surface area contributed by atoms with Crippen molar-refractivity contribution >= 4 is 26.7 Å². The van der Waals surface area contributed by atoms with E-state index in [-0.39, 0.29) is 46.2 Å². The zero-order valence-corrected chi connectivity index (χ0v) is 25.0. The van der Waals surface area contributed by atoms with Gasteiger partial charge in [0.2, 0.25) is 10.0 Å². The Morgan fingerprint density at radius 1 is 1.21 bits per heavy atom. The first-order valence-electron chi connectivity index (χ1n) is 13.3. The number of aliphatic hydroxyl groups is 1. The molecule has 0 aliphatic carbocycles. The van der Waals surface area contributed by atoms with Gasteiger partial charge in [0, 0.05) is 17.5 Å². The molecule has 9 nitrogen and oxygen atoms in total. The molecule has 4 rings (SSSR count). The summed E-state index contributed by atoms with van der Waals surface area (Å²) in [7, 11) is -2.21. The van der Waals surface area contributed by atoms with E-state index in [9.17, 15) is 22.3 Å². The maximum Gasteiger partial charge on any atom is 0.303 e. The minimum absolute atomic E-state index is 0.0241. The number of halogens is 4. The van der Waals surface area contributed by atoms with Gasteiger partial charge in [0.05, 0.1) is 31.0 Å². The minimum atomic E-state index is -3.89. The predicted octanol–water partition coefficient (Wildman–Crippen LogP) is 5.06. The molecule has 42 heavy (non-hydrogen) atoms. The molecule has 2 N–H and O–H groups in total. The van der Waals surface area contributed by atoms with Crippen LogP contribution in [0.25, 0.3) is 10.9 Å². The number of anilines is 1. The van der Waals surface area contributed by atoms with E-state index in [0.29, 0.717) is 19.4 Å². The normalized spacial score (nSPS) is 17.5. The highest BCUT2D eigenvalue weighted by Gasteiger charge is 2.49. The van der Waals surface area contributed by atoms with Crippen molar-refractivity contribution in [2.24, 2.45) is 0 Å². The van der Waals surface area contributed by atoms with Crippen molar-refractivity contribution in [2.45, 2.75) is 64.1 Å². The summed E-state index contributed by atoms with van der Waals surface area (Å²) in [5.41, 5.74) is -3.74. The summed E-state index contributed by atoms with van der Waals surface area (Å²) in [6.07, 6.45) is 2.34. The monoisotopic (exact) mass is 614 g/mol. The number of benzene rings is 2. The molecule has 0 amide bonds. The lowest BCUT2D eigenvalue weighted by Gasteiger charge is -2.30. The first-order valence-corrected chi connectivity index (χ1v) is 15.1. The van der Waals surface area contributed by atoms with Crippen LogP contribution in [0, 0.1) is 18.6 Å². The summed E-state index contributed by atoms with van der Waals surface area (Å²) in [6, 6.07) is 3.54. The Bertz CT molecular complexity index is 1600. The van der Waals surface area contributed by atoms with Gasteiger partial charge in [0.25, 0.3) is 0 Å². The zero-order valence-electron chi connectivity index (χ0n) is 24.1. The molecule has 0 bridgehead atoms. The SMILES string of the molecule is COc1c(OC[C@@H]2CCCN2S(C)(=O)=O)cc2c(N[C@H](C)c3cccc(C(F)(F)C(C)(C)O)c3F)nc(C)nc2c1F. The average molecular weight is 615 g/mol. The Morgan fingerprint density at radius 2 is 1.90 bits per heavy atom. The Morgan fingerprint density at radius 3 is 2.52 bits per heavy atom. The van der Waals surface area contributed by atoms with Crippen molar-refractivity contribution in [1.29, 1.82) is 0 Å². The predicted molar refractivity (Wildman–Crippen MR) is 149 cm³/mol. The van der Waals surface area contributed by atoms with Gasteiger partial charge in [-0.1, -0.05) is 12.1 Å². The fraction of sp³-hybridized carbons (Fsp3) is 0.500. The lowest BCUT2D eigenvalue weighted by atomic mass is 9.91. The maximum absolute atomic E-state index is 15.7. The molecule has 3 aromatic rings. The number of alkyl halides is 2. The third kappa shape index (κ3) is 5.97. The van der Waals surface area contributed by atoms with Crippen LogP contribution in [0.2, 0.25) is 0 Å². The number of nitrogens with zero attached hydrogens (tertiary/aromatic N) is 3. The fourth-order valence-electron chi connectivity index (χ4n) is 5.04. The smallest absolute Gasteiger partial charge is 0.303 e. The van der Waals surface area contributed by atoms with Crippen molar-refractivity contribution in [1.82, 2.24) is 14.3 Å². The summed E-state index contributed by atoms with van der Waals surface area (Å²) in [5.74, 6) is -5.96. The van der Waals surface area contributed by atoms with Crippen LogP contribution in [0.3, 0.4) is 0 Å². The average Bonchev–Trinajstić information content (AvgIpc) is 3.37. The standard InChI is InChI=1S/C28H34F4N4O5S/c1-15(18-10-7-11-20(22(18)29)28(31,32)27(3,4)37)33-26-19-13-21(25(40-5)23(30)24(19)34-16(2)35-26)41-14-17-9-8-12-36(17)42(6,38)39/h7,10-11,13,15,17,37H,8-9,12,14H2,1-6H3,(H,33,34,35)/t15-,17+/m1/s1. The molecular weight excluding hydrogens is 580 g/mol. The molecule has 0 saturated carbocycles. The summed E-state index contributed by atoms with van der Waals surface area (Å²) < 4.78 is 97.6. The first-order chi connectivity index (χ1) is 19.5. The molecule has 2 heterocycles. The van der Waals surface area contributed by atoms with Crippen LogP contribution in [0.1, 0.15) is 56.6 Å². The molecule has 1 fully saturated rings. The summed E-state index contributed by atoms with van der Waals surface area (Å²) in [4.78, 5) is 8.53. The Balaban J connectivity index is 1.72. The number of ether oxygens (including phenoxy) is 2. The Labute approximate surface area is 241 Å². The topological polar surface area (TPSA) is 114 Å². The van der Waals surface area contributed by atoms with Crippen LogP contribution >= 0.6 is 0 Å².